The second-order valence-electron chi connectivity index (χ2n) is 6.36. The van der Waals surface area contributed by atoms with Crippen LogP contribution in [0.25, 0.3) is 0 Å². The van der Waals surface area contributed by atoms with Crippen LogP contribution in [0.1, 0.15) is 51.0 Å². The van der Waals surface area contributed by atoms with Gasteiger partial charge in [-0.1, -0.05) is 45.1 Å². The number of phenolic OH excluding ortho intramolecular Hbond substituents is 1. The Labute approximate surface area is 155 Å². The van der Waals surface area contributed by atoms with Crippen LogP contribution in [0.3, 0.4) is 0 Å². The Morgan fingerprint density at radius 1 is 0.923 bits per heavy atom. The first-order chi connectivity index (χ1) is 12.4. The van der Waals surface area contributed by atoms with E-state index in [-0.39, 0.29) is 10.6 Å². The number of hydrogen-bond acceptors (Lipinski definition) is 4. The van der Waals surface area contributed by atoms with Gasteiger partial charge in [0.15, 0.2) is 0 Å². The summed E-state index contributed by atoms with van der Waals surface area (Å²) in [6.45, 7) is 2.18. The van der Waals surface area contributed by atoms with Crippen molar-refractivity contribution in [3.63, 3.8) is 0 Å². The Hall–Kier alpha value is -2.05. The molecular formula is C20H26O5S. The molecule has 0 saturated carbocycles. The Morgan fingerprint density at radius 2 is 1.58 bits per heavy atom. The van der Waals surface area contributed by atoms with Gasteiger partial charge in [-0.05, 0) is 48.7 Å². The minimum absolute atomic E-state index is 0.122. The van der Waals surface area contributed by atoms with Crippen LogP contribution in [-0.2, 0) is 16.5 Å². The average Bonchev–Trinajstić information content (AvgIpc) is 2.60. The molecule has 0 unspecified atom stereocenters. The first kappa shape index (κ1) is 20.3. The summed E-state index contributed by atoms with van der Waals surface area (Å²) in [6.07, 6.45) is 7.74. The van der Waals surface area contributed by atoms with E-state index in [1.54, 1.807) is 18.2 Å². The third kappa shape index (κ3) is 6.35. The number of benzene rings is 2. The van der Waals surface area contributed by atoms with Crippen molar-refractivity contribution in [2.75, 3.05) is 0 Å². The molecule has 5 nitrogen and oxygen atoms in total. The van der Waals surface area contributed by atoms with Crippen molar-refractivity contribution in [3.8, 4) is 17.2 Å². The summed E-state index contributed by atoms with van der Waals surface area (Å²) in [6, 6.07) is 10.6. The standard InChI is InChI=1S/C20H26O5S/c1-2-3-4-5-6-7-8-16-9-14-19(26(22,23)24)15-20(16)25-18-12-10-17(21)11-13-18/h9-15,21H,2-8H2,1H3,(H,22,23,24). The molecule has 0 radical (unpaired) electrons. The lowest BCUT2D eigenvalue weighted by atomic mass is 10.0. The van der Waals surface area contributed by atoms with E-state index in [9.17, 15) is 18.1 Å². The molecule has 26 heavy (non-hydrogen) atoms. The van der Waals surface area contributed by atoms with Crippen molar-refractivity contribution in [1.82, 2.24) is 0 Å². The van der Waals surface area contributed by atoms with E-state index in [2.05, 4.69) is 6.92 Å². The van der Waals surface area contributed by atoms with Gasteiger partial charge in [-0.25, -0.2) is 0 Å². The van der Waals surface area contributed by atoms with Gasteiger partial charge in [-0.3, -0.25) is 4.55 Å². The smallest absolute Gasteiger partial charge is 0.294 e. The highest BCUT2D eigenvalue weighted by Gasteiger charge is 2.14. The van der Waals surface area contributed by atoms with Crippen LogP contribution in [0.15, 0.2) is 47.4 Å². The number of aromatic hydroxyl groups is 1. The van der Waals surface area contributed by atoms with E-state index in [0.29, 0.717) is 11.5 Å². The lowest BCUT2D eigenvalue weighted by molar-refractivity contribution is 0.458. The largest absolute Gasteiger partial charge is 0.508 e. The molecule has 0 amide bonds. The Bertz CT molecular complexity index is 797. The lowest BCUT2D eigenvalue weighted by Gasteiger charge is -2.13. The number of rotatable bonds is 10. The van der Waals surface area contributed by atoms with Crippen LogP contribution in [0.2, 0.25) is 0 Å². The molecule has 142 valence electrons. The molecule has 0 aliphatic rings. The summed E-state index contributed by atoms with van der Waals surface area (Å²) in [5.41, 5.74) is 0.890. The van der Waals surface area contributed by atoms with Gasteiger partial charge >= 0.3 is 0 Å². The molecule has 2 aromatic rings. The average molecular weight is 378 g/mol. The molecule has 0 spiro atoms. The predicted molar refractivity (Wildman–Crippen MR) is 102 cm³/mol. The topological polar surface area (TPSA) is 83.8 Å². The zero-order valence-corrected chi connectivity index (χ0v) is 15.8. The van der Waals surface area contributed by atoms with E-state index in [1.807, 2.05) is 0 Å². The predicted octanol–water partition coefficient (Wildman–Crippen LogP) is 5.33. The van der Waals surface area contributed by atoms with E-state index >= 15 is 0 Å². The molecule has 0 aliphatic heterocycles. The van der Waals surface area contributed by atoms with Gasteiger partial charge in [0.1, 0.15) is 17.2 Å². The van der Waals surface area contributed by atoms with Crippen molar-refractivity contribution in [3.05, 3.63) is 48.0 Å². The SMILES string of the molecule is CCCCCCCCc1ccc(S(=O)(=O)O)cc1Oc1ccc(O)cc1. The molecule has 0 fully saturated rings. The highest BCUT2D eigenvalue weighted by Crippen LogP contribution is 2.30. The van der Waals surface area contributed by atoms with Crippen molar-refractivity contribution in [2.24, 2.45) is 0 Å². The summed E-state index contributed by atoms with van der Waals surface area (Å²) in [7, 11) is -4.30. The summed E-state index contributed by atoms with van der Waals surface area (Å²) < 4.78 is 37.9. The normalized spacial score (nSPS) is 11.5. The molecule has 0 heterocycles. The molecule has 0 atom stereocenters. The second kappa shape index (κ2) is 9.59. The van der Waals surface area contributed by atoms with Crippen LogP contribution < -0.4 is 4.74 Å². The highest BCUT2D eigenvalue weighted by atomic mass is 32.2. The van der Waals surface area contributed by atoms with Gasteiger partial charge in [-0.15, -0.1) is 0 Å². The maximum absolute atomic E-state index is 11.4. The Morgan fingerprint density at radius 3 is 2.23 bits per heavy atom. The van der Waals surface area contributed by atoms with E-state index in [1.165, 1.54) is 49.9 Å². The maximum atomic E-state index is 11.4. The van der Waals surface area contributed by atoms with Gasteiger partial charge < -0.3 is 9.84 Å². The molecule has 0 aliphatic carbocycles. The highest BCUT2D eigenvalue weighted by molar-refractivity contribution is 7.85. The van der Waals surface area contributed by atoms with Crippen molar-refractivity contribution < 1.29 is 22.8 Å². The van der Waals surface area contributed by atoms with E-state index in [4.69, 9.17) is 4.74 Å². The number of unbranched alkanes of at least 4 members (excludes halogenated alkanes) is 5. The summed E-state index contributed by atoms with van der Waals surface area (Å²) in [4.78, 5) is -0.196. The maximum Gasteiger partial charge on any atom is 0.294 e. The first-order valence-corrected chi connectivity index (χ1v) is 10.4. The van der Waals surface area contributed by atoms with Crippen LogP contribution in [0.5, 0.6) is 17.2 Å². The third-order valence-corrected chi connectivity index (χ3v) is 5.05. The summed E-state index contributed by atoms with van der Waals surface area (Å²) >= 11 is 0. The van der Waals surface area contributed by atoms with Crippen LogP contribution in [0.4, 0.5) is 0 Å². The summed E-state index contributed by atoms with van der Waals surface area (Å²) in [5, 5.41) is 9.37. The number of aryl methyl sites for hydroxylation is 1. The van der Waals surface area contributed by atoms with Gasteiger partial charge in [-0.2, -0.15) is 8.42 Å². The molecular weight excluding hydrogens is 352 g/mol. The number of hydrogen-bond donors (Lipinski definition) is 2. The van der Waals surface area contributed by atoms with Crippen molar-refractivity contribution >= 4 is 10.1 Å². The molecule has 2 N–H and O–H groups in total. The van der Waals surface area contributed by atoms with Crippen LogP contribution in [-0.4, -0.2) is 18.1 Å². The fourth-order valence-electron chi connectivity index (χ4n) is 2.73. The molecule has 0 saturated heterocycles. The monoisotopic (exact) mass is 378 g/mol. The van der Waals surface area contributed by atoms with E-state index in [0.717, 1.165) is 24.8 Å². The Balaban J connectivity index is 2.13. The first-order valence-electron chi connectivity index (χ1n) is 8.97. The van der Waals surface area contributed by atoms with Gasteiger partial charge in [0, 0.05) is 6.07 Å². The second-order valence-corrected chi connectivity index (χ2v) is 7.78. The van der Waals surface area contributed by atoms with Gasteiger partial charge in [0.05, 0.1) is 4.90 Å². The van der Waals surface area contributed by atoms with Gasteiger partial charge in [0.2, 0.25) is 0 Å². The molecule has 0 bridgehead atoms. The molecule has 0 aromatic heterocycles. The zero-order chi connectivity index (χ0) is 19.0. The van der Waals surface area contributed by atoms with Gasteiger partial charge in [0.25, 0.3) is 10.1 Å². The van der Waals surface area contributed by atoms with Crippen molar-refractivity contribution in [2.45, 2.75) is 56.8 Å². The molecule has 2 aromatic carbocycles. The number of phenols is 1. The Kier molecular flexibility index (Phi) is 7.48. The van der Waals surface area contributed by atoms with Crippen molar-refractivity contribution in [1.29, 1.82) is 0 Å². The van der Waals surface area contributed by atoms with E-state index < -0.39 is 10.1 Å². The zero-order valence-electron chi connectivity index (χ0n) is 15.0. The lowest BCUT2D eigenvalue weighted by Crippen LogP contribution is -2.00. The van der Waals surface area contributed by atoms with Crippen LogP contribution in [0, 0.1) is 0 Å². The fraction of sp³-hybridized carbons (Fsp3) is 0.400. The third-order valence-electron chi connectivity index (χ3n) is 4.20. The fourth-order valence-corrected chi connectivity index (χ4v) is 3.23. The molecule has 6 heteroatoms. The quantitative estimate of drug-likeness (QED) is 0.431. The minimum atomic E-state index is -4.30. The molecule has 2 rings (SSSR count). The van der Waals surface area contributed by atoms with Crippen LogP contribution >= 0.6 is 0 Å². The minimum Gasteiger partial charge on any atom is -0.508 e. The summed E-state index contributed by atoms with van der Waals surface area (Å²) in [5.74, 6) is 1.01. The number of ether oxygens (including phenoxy) is 1.